The van der Waals surface area contributed by atoms with E-state index in [9.17, 15) is 32.7 Å². The van der Waals surface area contributed by atoms with Crippen molar-refractivity contribution in [3.63, 3.8) is 0 Å². The molecule has 0 bridgehead atoms. The van der Waals surface area contributed by atoms with Crippen LogP contribution in [0.25, 0.3) is 0 Å². The molecule has 0 aromatic heterocycles. The van der Waals surface area contributed by atoms with Gasteiger partial charge in [0.1, 0.15) is 29.5 Å². The molecule has 2 aliphatic rings. The molecule has 3 N–H and O–H groups in total. The van der Waals surface area contributed by atoms with E-state index in [1.54, 1.807) is 0 Å². The number of esters is 1. The number of aliphatic carboxylic acids is 1. The Bertz CT molecular complexity index is 1100. The van der Waals surface area contributed by atoms with Crippen molar-refractivity contribution in [3.05, 3.63) is 46.7 Å². The van der Waals surface area contributed by atoms with Crippen molar-refractivity contribution < 1.29 is 42.0 Å². The quantitative estimate of drug-likeness (QED) is 0.258. The molecule has 2 unspecified atom stereocenters. The first kappa shape index (κ1) is 23.8. The van der Waals surface area contributed by atoms with E-state index < -0.39 is 51.0 Å². The highest BCUT2D eigenvalue weighted by Crippen LogP contribution is 2.40. The molecule has 1 fully saturated rings. The van der Waals surface area contributed by atoms with Crippen LogP contribution in [0.2, 0.25) is 0 Å². The van der Waals surface area contributed by atoms with Gasteiger partial charge in [0.15, 0.2) is 0 Å². The number of carbonyl (C=O) groups is 4. The number of fused-ring (bicyclic) bond motifs is 1. The molecule has 2 amide bonds. The zero-order chi connectivity index (χ0) is 23.6. The Morgan fingerprint density at radius 1 is 1.22 bits per heavy atom. The third kappa shape index (κ3) is 5.47. The summed E-state index contributed by atoms with van der Waals surface area (Å²) in [6.07, 6.45) is -0.0767. The number of carboxylic acid groups (broad SMARTS) is 1. The molecule has 2 atom stereocenters. The lowest BCUT2D eigenvalue weighted by molar-refractivity contribution is -0.151. The van der Waals surface area contributed by atoms with Crippen molar-refractivity contribution in [2.24, 2.45) is 0 Å². The SMILES string of the molecule is CC(=O)OCC1=C(C(=O)O)N2C(=O)C(NC(=O)Cc3ccc(CS(=O)(=O)O)cc3)C2SC1. The number of nitrogens with zero attached hydrogens (tertiary/aromatic N) is 1. The van der Waals surface area contributed by atoms with E-state index in [1.165, 1.54) is 43.0 Å². The summed E-state index contributed by atoms with van der Waals surface area (Å²) in [7, 11) is -4.16. The molecule has 1 saturated heterocycles. The smallest absolute Gasteiger partial charge is 0.352 e. The maximum atomic E-state index is 12.6. The molecule has 1 aromatic carbocycles. The summed E-state index contributed by atoms with van der Waals surface area (Å²) in [6, 6.07) is 5.13. The number of carboxylic acids is 1. The second-order valence-electron chi connectivity index (χ2n) is 7.21. The number of benzene rings is 1. The molecule has 172 valence electrons. The van der Waals surface area contributed by atoms with E-state index in [-0.39, 0.29) is 24.5 Å². The number of thioether (sulfide) groups is 1. The molecule has 3 rings (SSSR count). The number of ether oxygens (including phenoxy) is 1. The second kappa shape index (κ2) is 9.30. The van der Waals surface area contributed by atoms with Crippen LogP contribution in [-0.2, 0) is 46.2 Å². The van der Waals surface area contributed by atoms with Crippen LogP contribution >= 0.6 is 11.8 Å². The van der Waals surface area contributed by atoms with E-state index in [1.807, 2.05) is 0 Å². The Morgan fingerprint density at radius 3 is 2.41 bits per heavy atom. The second-order valence-corrected chi connectivity index (χ2v) is 9.77. The Labute approximate surface area is 187 Å². The third-order valence-corrected chi connectivity index (χ3v) is 6.79. The predicted octanol–water partition coefficient (Wildman–Crippen LogP) is -0.0814. The topological polar surface area (TPSA) is 167 Å². The fraction of sp³-hybridized carbons (Fsp3) is 0.368. The van der Waals surface area contributed by atoms with Gasteiger partial charge in [-0.25, -0.2) is 4.79 Å². The minimum atomic E-state index is -4.16. The fourth-order valence-corrected chi connectivity index (χ4v) is 5.30. The van der Waals surface area contributed by atoms with E-state index >= 15 is 0 Å². The van der Waals surface area contributed by atoms with Gasteiger partial charge in [0, 0.05) is 18.2 Å². The maximum Gasteiger partial charge on any atom is 0.352 e. The molecule has 0 saturated carbocycles. The summed E-state index contributed by atoms with van der Waals surface area (Å²) in [5.41, 5.74) is 0.992. The highest BCUT2D eigenvalue weighted by atomic mass is 32.2. The minimum Gasteiger partial charge on any atom is -0.477 e. The van der Waals surface area contributed by atoms with E-state index in [0.29, 0.717) is 16.7 Å². The lowest BCUT2D eigenvalue weighted by atomic mass is 10.0. The van der Waals surface area contributed by atoms with Crippen LogP contribution in [0.4, 0.5) is 0 Å². The van der Waals surface area contributed by atoms with E-state index in [0.717, 1.165) is 4.90 Å². The molecule has 1 aromatic rings. The molecule has 11 nitrogen and oxygen atoms in total. The van der Waals surface area contributed by atoms with E-state index in [2.05, 4.69) is 5.32 Å². The van der Waals surface area contributed by atoms with Crippen molar-refractivity contribution >= 4 is 45.6 Å². The van der Waals surface area contributed by atoms with Crippen molar-refractivity contribution in [2.75, 3.05) is 12.4 Å². The molecule has 0 spiro atoms. The van der Waals surface area contributed by atoms with Gasteiger partial charge in [0.05, 0.1) is 6.42 Å². The summed E-state index contributed by atoms with van der Waals surface area (Å²) in [5, 5.41) is 11.5. The van der Waals surface area contributed by atoms with Gasteiger partial charge in [-0.3, -0.25) is 23.8 Å². The first-order valence-corrected chi connectivity index (χ1v) is 12.0. The van der Waals surface area contributed by atoms with Gasteiger partial charge < -0.3 is 15.2 Å². The fourth-order valence-electron chi connectivity index (χ4n) is 3.36. The number of carbonyl (C=O) groups excluding carboxylic acids is 3. The standard InChI is InChI=1S/C19H20N2O9S2/c1-10(22)30-7-13-8-31-18-15(17(24)21(18)16(13)19(25)26)20-14(23)6-11-2-4-12(5-3-11)9-32(27,28)29/h2-5,15,18H,6-9H2,1H3,(H,20,23)(H,25,26)(H,27,28,29). The van der Waals surface area contributed by atoms with Gasteiger partial charge in [-0.1, -0.05) is 24.3 Å². The van der Waals surface area contributed by atoms with Crippen LogP contribution in [0.15, 0.2) is 35.5 Å². The summed E-state index contributed by atoms with van der Waals surface area (Å²) >= 11 is 1.26. The van der Waals surface area contributed by atoms with Gasteiger partial charge >= 0.3 is 11.9 Å². The van der Waals surface area contributed by atoms with Crippen LogP contribution in [0, 0.1) is 0 Å². The van der Waals surface area contributed by atoms with Crippen LogP contribution in [0.1, 0.15) is 18.1 Å². The van der Waals surface area contributed by atoms with Gasteiger partial charge in [-0.2, -0.15) is 8.42 Å². The van der Waals surface area contributed by atoms with Crippen molar-refractivity contribution in [1.82, 2.24) is 10.2 Å². The van der Waals surface area contributed by atoms with E-state index in [4.69, 9.17) is 9.29 Å². The minimum absolute atomic E-state index is 0.0767. The van der Waals surface area contributed by atoms with Gasteiger partial charge in [-0.05, 0) is 11.1 Å². The van der Waals surface area contributed by atoms with Crippen molar-refractivity contribution in [1.29, 1.82) is 0 Å². The summed E-state index contributed by atoms with van der Waals surface area (Å²) in [4.78, 5) is 48.8. The Balaban J connectivity index is 1.63. The highest BCUT2D eigenvalue weighted by Gasteiger charge is 2.54. The Kier molecular flexibility index (Phi) is 6.91. The molecular formula is C19H20N2O9S2. The number of β-lactam (4-membered cyclic amide) rings is 1. The lowest BCUT2D eigenvalue weighted by Crippen LogP contribution is -2.70. The third-order valence-electron chi connectivity index (χ3n) is 4.75. The van der Waals surface area contributed by atoms with Crippen molar-refractivity contribution in [3.8, 4) is 0 Å². The van der Waals surface area contributed by atoms with Crippen LogP contribution in [-0.4, -0.2) is 70.5 Å². The molecule has 0 radical (unpaired) electrons. The largest absolute Gasteiger partial charge is 0.477 e. The number of rotatable bonds is 8. The molecule has 2 heterocycles. The lowest BCUT2D eigenvalue weighted by Gasteiger charge is -2.49. The molecule has 2 aliphatic heterocycles. The number of hydrogen-bond donors (Lipinski definition) is 3. The first-order chi connectivity index (χ1) is 15.0. The molecule has 13 heteroatoms. The average molecular weight is 485 g/mol. The number of nitrogens with one attached hydrogen (secondary N) is 1. The zero-order valence-corrected chi connectivity index (χ0v) is 18.4. The van der Waals surface area contributed by atoms with Crippen LogP contribution in [0.5, 0.6) is 0 Å². The molecular weight excluding hydrogens is 464 g/mol. The van der Waals surface area contributed by atoms with Crippen molar-refractivity contribution in [2.45, 2.75) is 30.5 Å². The predicted molar refractivity (Wildman–Crippen MR) is 112 cm³/mol. The van der Waals surface area contributed by atoms with Crippen LogP contribution in [0.3, 0.4) is 0 Å². The maximum absolute atomic E-state index is 12.6. The Morgan fingerprint density at radius 2 is 1.84 bits per heavy atom. The average Bonchev–Trinajstić information content (AvgIpc) is 2.69. The zero-order valence-electron chi connectivity index (χ0n) is 16.8. The van der Waals surface area contributed by atoms with Gasteiger partial charge in [0.25, 0.3) is 16.0 Å². The molecule has 32 heavy (non-hydrogen) atoms. The summed E-state index contributed by atoms with van der Waals surface area (Å²) in [6.45, 7) is 0.966. The van der Waals surface area contributed by atoms with Gasteiger partial charge in [-0.15, -0.1) is 11.8 Å². The first-order valence-electron chi connectivity index (χ1n) is 9.32. The molecule has 0 aliphatic carbocycles. The van der Waals surface area contributed by atoms with Crippen LogP contribution < -0.4 is 5.32 Å². The van der Waals surface area contributed by atoms with Gasteiger partial charge in [0.2, 0.25) is 5.91 Å². The Hall–Kier alpha value is -2.90. The normalized spacial score (nSPS) is 20.3. The highest BCUT2D eigenvalue weighted by molar-refractivity contribution is 8.00. The number of amides is 2. The number of hydrogen-bond acceptors (Lipinski definition) is 8. The monoisotopic (exact) mass is 484 g/mol. The summed E-state index contributed by atoms with van der Waals surface area (Å²) in [5.74, 6) is -3.23. The summed E-state index contributed by atoms with van der Waals surface area (Å²) < 4.78 is 35.6.